The number of hydrogen-bond donors (Lipinski definition) is 1. The Labute approximate surface area is 112 Å². The highest BCUT2D eigenvalue weighted by Gasteiger charge is 2.19. The molecule has 1 N–H and O–H groups in total. The van der Waals surface area contributed by atoms with E-state index in [-0.39, 0.29) is 0 Å². The second-order valence-corrected chi connectivity index (χ2v) is 5.70. The standard InChI is InChI=1S/C14H30N4/c1-3-16-10-12-17(13-11-16)7-4-14(2)18-8-5-15-6-9-18/h14-15H,3-13H2,1-2H3. The SMILES string of the molecule is CCN1CCN(CCC(C)N2CCNCC2)CC1. The van der Waals surface area contributed by atoms with E-state index in [0.717, 1.165) is 6.04 Å². The maximum Gasteiger partial charge on any atom is 0.0110 e. The molecule has 2 aliphatic rings. The van der Waals surface area contributed by atoms with E-state index in [1.807, 2.05) is 0 Å². The van der Waals surface area contributed by atoms with Crippen LogP contribution in [0.5, 0.6) is 0 Å². The van der Waals surface area contributed by atoms with Gasteiger partial charge >= 0.3 is 0 Å². The van der Waals surface area contributed by atoms with Crippen LogP contribution in [0.1, 0.15) is 20.3 Å². The van der Waals surface area contributed by atoms with Crippen LogP contribution in [-0.2, 0) is 0 Å². The second kappa shape index (κ2) is 7.43. The first-order chi connectivity index (χ1) is 8.79. The maximum absolute atomic E-state index is 3.43. The molecule has 4 heteroatoms. The molecule has 1 atom stereocenters. The van der Waals surface area contributed by atoms with Gasteiger partial charge in [-0.3, -0.25) is 4.90 Å². The third-order valence-electron chi connectivity index (χ3n) is 4.55. The summed E-state index contributed by atoms with van der Waals surface area (Å²) in [6.45, 7) is 17.0. The molecule has 2 saturated heterocycles. The average Bonchev–Trinajstić information content (AvgIpc) is 2.46. The quantitative estimate of drug-likeness (QED) is 0.762. The monoisotopic (exact) mass is 254 g/mol. The van der Waals surface area contributed by atoms with Crippen LogP contribution in [-0.4, -0.2) is 86.2 Å². The van der Waals surface area contributed by atoms with Gasteiger partial charge in [-0.25, -0.2) is 0 Å². The van der Waals surface area contributed by atoms with Gasteiger partial charge in [0, 0.05) is 58.4 Å². The molecule has 0 aromatic carbocycles. The van der Waals surface area contributed by atoms with Crippen LogP contribution in [0.3, 0.4) is 0 Å². The van der Waals surface area contributed by atoms with Gasteiger partial charge in [-0.05, 0) is 26.4 Å². The molecule has 2 aliphatic heterocycles. The minimum Gasteiger partial charge on any atom is -0.314 e. The summed E-state index contributed by atoms with van der Waals surface area (Å²) in [5.41, 5.74) is 0. The van der Waals surface area contributed by atoms with Crippen molar-refractivity contribution < 1.29 is 0 Å². The van der Waals surface area contributed by atoms with Gasteiger partial charge in [-0.2, -0.15) is 0 Å². The predicted molar refractivity (Wildman–Crippen MR) is 77.1 cm³/mol. The molecule has 0 aromatic rings. The molecule has 0 aromatic heterocycles. The van der Waals surface area contributed by atoms with Crippen molar-refractivity contribution in [3.63, 3.8) is 0 Å². The lowest BCUT2D eigenvalue weighted by atomic mass is 10.1. The van der Waals surface area contributed by atoms with Crippen LogP contribution in [0, 0.1) is 0 Å². The highest BCUT2D eigenvalue weighted by Crippen LogP contribution is 2.08. The largest absolute Gasteiger partial charge is 0.314 e. The predicted octanol–water partition coefficient (Wildman–Crippen LogP) is 0.308. The zero-order valence-electron chi connectivity index (χ0n) is 12.2. The van der Waals surface area contributed by atoms with Gasteiger partial charge in [0.25, 0.3) is 0 Å². The molecule has 4 nitrogen and oxygen atoms in total. The fraction of sp³-hybridized carbons (Fsp3) is 1.00. The lowest BCUT2D eigenvalue weighted by Gasteiger charge is -2.37. The number of nitrogens with one attached hydrogen (secondary N) is 1. The van der Waals surface area contributed by atoms with Gasteiger partial charge in [0.15, 0.2) is 0 Å². The van der Waals surface area contributed by atoms with Crippen LogP contribution >= 0.6 is 0 Å². The fourth-order valence-corrected chi connectivity index (χ4v) is 3.00. The molecule has 2 fully saturated rings. The van der Waals surface area contributed by atoms with E-state index < -0.39 is 0 Å². The Morgan fingerprint density at radius 2 is 1.56 bits per heavy atom. The van der Waals surface area contributed by atoms with Gasteiger partial charge in [-0.15, -0.1) is 0 Å². The smallest absolute Gasteiger partial charge is 0.0110 e. The molecule has 0 spiro atoms. The molecule has 2 rings (SSSR count). The molecule has 0 amide bonds. The first-order valence-electron chi connectivity index (χ1n) is 7.69. The van der Waals surface area contributed by atoms with Crippen molar-refractivity contribution >= 4 is 0 Å². The Morgan fingerprint density at radius 3 is 2.17 bits per heavy atom. The zero-order chi connectivity index (χ0) is 12.8. The van der Waals surface area contributed by atoms with Crippen LogP contribution in [0.25, 0.3) is 0 Å². The summed E-state index contributed by atoms with van der Waals surface area (Å²) in [6.07, 6.45) is 1.33. The number of rotatable bonds is 5. The second-order valence-electron chi connectivity index (χ2n) is 5.70. The summed E-state index contributed by atoms with van der Waals surface area (Å²) in [5, 5.41) is 3.43. The molecular formula is C14H30N4. The minimum absolute atomic E-state index is 0.747. The van der Waals surface area contributed by atoms with Crippen molar-refractivity contribution in [1.29, 1.82) is 0 Å². The summed E-state index contributed by atoms with van der Waals surface area (Å²) >= 11 is 0. The van der Waals surface area contributed by atoms with Gasteiger partial charge in [-0.1, -0.05) is 6.92 Å². The van der Waals surface area contributed by atoms with Crippen molar-refractivity contribution in [3.8, 4) is 0 Å². The molecule has 18 heavy (non-hydrogen) atoms. The third-order valence-corrected chi connectivity index (χ3v) is 4.55. The number of piperazine rings is 2. The van der Waals surface area contributed by atoms with Crippen LogP contribution in [0.4, 0.5) is 0 Å². The molecule has 0 bridgehead atoms. The lowest BCUT2D eigenvalue weighted by molar-refractivity contribution is 0.116. The Morgan fingerprint density at radius 1 is 0.944 bits per heavy atom. The van der Waals surface area contributed by atoms with Crippen LogP contribution in [0.2, 0.25) is 0 Å². The van der Waals surface area contributed by atoms with Gasteiger partial charge in [0.2, 0.25) is 0 Å². The normalized spacial score (nSPS) is 26.3. The lowest BCUT2D eigenvalue weighted by Crippen LogP contribution is -2.50. The maximum atomic E-state index is 3.43. The van der Waals surface area contributed by atoms with Crippen molar-refractivity contribution in [1.82, 2.24) is 20.0 Å². The highest BCUT2D eigenvalue weighted by atomic mass is 15.3. The van der Waals surface area contributed by atoms with E-state index in [4.69, 9.17) is 0 Å². The Balaban J connectivity index is 1.62. The van der Waals surface area contributed by atoms with E-state index in [2.05, 4.69) is 33.9 Å². The molecule has 0 saturated carbocycles. The molecule has 106 valence electrons. The van der Waals surface area contributed by atoms with Crippen LogP contribution < -0.4 is 5.32 Å². The van der Waals surface area contributed by atoms with Crippen molar-refractivity contribution in [2.24, 2.45) is 0 Å². The summed E-state index contributed by atoms with van der Waals surface area (Å²) < 4.78 is 0. The van der Waals surface area contributed by atoms with E-state index in [0.29, 0.717) is 0 Å². The number of nitrogens with zero attached hydrogens (tertiary/aromatic N) is 3. The topological polar surface area (TPSA) is 21.8 Å². The summed E-state index contributed by atoms with van der Waals surface area (Å²) in [4.78, 5) is 7.83. The molecule has 1 unspecified atom stereocenters. The van der Waals surface area contributed by atoms with Gasteiger partial charge in [0.05, 0.1) is 0 Å². The summed E-state index contributed by atoms with van der Waals surface area (Å²) in [7, 11) is 0. The van der Waals surface area contributed by atoms with Crippen molar-refractivity contribution in [3.05, 3.63) is 0 Å². The first kappa shape index (κ1) is 14.3. The Bertz CT molecular complexity index is 220. The number of likely N-dealkylation sites (N-methyl/N-ethyl adjacent to an activating group) is 1. The first-order valence-corrected chi connectivity index (χ1v) is 7.69. The summed E-state index contributed by atoms with van der Waals surface area (Å²) in [6, 6.07) is 0.747. The van der Waals surface area contributed by atoms with E-state index >= 15 is 0 Å². The Kier molecular flexibility index (Phi) is 5.89. The highest BCUT2D eigenvalue weighted by molar-refractivity contribution is 4.76. The molecule has 0 radical (unpaired) electrons. The van der Waals surface area contributed by atoms with Crippen molar-refractivity contribution in [2.75, 3.05) is 65.4 Å². The fourth-order valence-electron chi connectivity index (χ4n) is 3.00. The van der Waals surface area contributed by atoms with Crippen LogP contribution in [0.15, 0.2) is 0 Å². The molecule has 0 aliphatic carbocycles. The summed E-state index contributed by atoms with van der Waals surface area (Å²) in [5.74, 6) is 0. The molecule has 2 heterocycles. The Hall–Kier alpha value is -0.160. The zero-order valence-corrected chi connectivity index (χ0v) is 12.2. The van der Waals surface area contributed by atoms with E-state index in [1.54, 1.807) is 0 Å². The van der Waals surface area contributed by atoms with Crippen molar-refractivity contribution in [2.45, 2.75) is 26.3 Å². The molecular weight excluding hydrogens is 224 g/mol. The average molecular weight is 254 g/mol. The van der Waals surface area contributed by atoms with E-state index in [9.17, 15) is 0 Å². The van der Waals surface area contributed by atoms with E-state index in [1.165, 1.54) is 71.9 Å². The van der Waals surface area contributed by atoms with Gasteiger partial charge in [0.1, 0.15) is 0 Å². The number of hydrogen-bond acceptors (Lipinski definition) is 4. The van der Waals surface area contributed by atoms with Gasteiger partial charge < -0.3 is 15.1 Å². The minimum atomic E-state index is 0.747. The third kappa shape index (κ3) is 4.19.